The summed E-state index contributed by atoms with van der Waals surface area (Å²) >= 11 is 0. The highest BCUT2D eigenvalue weighted by Crippen LogP contribution is 2.27. The molecular formula is C30H35N5O3. The van der Waals surface area contributed by atoms with Crippen LogP contribution in [-0.2, 0) is 11.3 Å². The fourth-order valence-corrected chi connectivity index (χ4v) is 4.91. The predicted octanol–water partition coefficient (Wildman–Crippen LogP) is 5.65. The Morgan fingerprint density at radius 2 is 1.74 bits per heavy atom. The quantitative estimate of drug-likeness (QED) is 0.274. The Bertz CT molecular complexity index is 1360. The molecular weight excluding hydrogens is 478 g/mol. The van der Waals surface area contributed by atoms with Crippen molar-refractivity contribution < 1.29 is 14.3 Å². The van der Waals surface area contributed by atoms with E-state index in [0.717, 1.165) is 54.3 Å². The molecule has 1 aliphatic heterocycles. The molecule has 38 heavy (non-hydrogen) atoms. The molecule has 3 heterocycles. The highest BCUT2D eigenvalue weighted by molar-refractivity contribution is 6.04. The molecule has 0 spiro atoms. The monoisotopic (exact) mass is 513 g/mol. The van der Waals surface area contributed by atoms with Crippen LogP contribution in [0.1, 0.15) is 47.8 Å². The number of ether oxygens (including phenoxy) is 2. The molecule has 0 unspecified atom stereocenters. The van der Waals surface area contributed by atoms with Crippen LogP contribution in [-0.4, -0.2) is 58.4 Å². The number of rotatable bonds is 10. The molecule has 2 aromatic carbocycles. The van der Waals surface area contributed by atoms with Crippen LogP contribution in [0.2, 0.25) is 0 Å². The molecule has 0 atom stereocenters. The zero-order chi connectivity index (χ0) is 26.3. The van der Waals surface area contributed by atoms with Crippen molar-refractivity contribution in [1.29, 1.82) is 0 Å². The van der Waals surface area contributed by atoms with Crippen molar-refractivity contribution in [3.8, 4) is 11.5 Å². The van der Waals surface area contributed by atoms with Crippen LogP contribution >= 0.6 is 0 Å². The van der Waals surface area contributed by atoms with Crippen molar-refractivity contribution in [1.82, 2.24) is 19.7 Å². The summed E-state index contributed by atoms with van der Waals surface area (Å²) in [6.45, 7) is 8.54. The number of aryl methyl sites for hydroxylation is 1. The third kappa shape index (κ3) is 6.14. The van der Waals surface area contributed by atoms with E-state index in [-0.39, 0.29) is 5.97 Å². The van der Waals surface area contributed by atoms with Gasteiger partial charge in [0.1, 0.15) is 17.3 Å². The van der Waals surface area contributed by atoms with Gasteiger partial charge in [0.25, 0.3) is 0 Å². The topological polar surface area (TPSA) is 81.5 Å². The van der Waals surface area contributed by atoms with Gasteiger partial charge in [-0.3, -0.25) is 0 Å². The van der Waals surface area contributed by atoms with Gasteiger partial charge in [-0.2, -0.15) is 5.10 Å². The zero-order valence-corrected chi connectivity index (χ0v) is 22.2. The van der Waals surface area contributed by atoms with Gasteiger partial charge in [-0.25, -0.2) is 14.5 Å². The van der Waals surface area contributed by atoms with Crippen LogP contribution in [0.25, 0.3) is 11.0 Å². The smallest absolute Gasteiger partial charge is 0.339 e. The Balaban J connectivity index is 1.38. The van der Waals surface area contributed by atoms with Crippen LogP contribution in [0, 0.1) is 6.92 Å². The number of anilines is 1. The minimum absolute atomic E-state index is 0.310. The summed E-state index contributed by atoms with van der Waals surface area (Å²) in [6, 6.07) is 19.5. The fourth-order valence-electron chi connectivity index (χ4n) is 4.91. The molecule has 8 nitrogen and oxygen atoms in total. The van der Waals surface area contributed by atoms with Gasteiger partial charge in [0.15, 0.2) is 5.65 Å². The molecule has 0 aliphatic carbocycles. The lowest BCUT2D eigenvalue weighted by Crippen LogP contribution is -2.33. The number of likely N-dealkylation sites (tertiary alicyclic amines) is 1. The number of fused-ring (bicyclic) bond motifs is 1. The molecule has 2 aromatic heterocycles. The first kappa shape index (κ1) is 25.7. The van der Waals surface area contributed by atoms with E-state index < -0.39 is 0 Å². The molecule has 8 heteroatoms. The standard InChI is InChI=1S/C30H35N5O3/c1-3-37-30(36)26-20-27(31-16-19-34-17-8-5-9-18-34)32-29-28(26)22(2)33-35(29)21-23-12-14-25(15-13-23)38-24-10-6-4-7-11-24/h4,6-7,10-15,20H,3,5,8-9,16-19,21H2,1-2H3,(H,31,32). The Morgan fingerprint density at radius 3 is 2.47 bits per heavy atom. The lowest BCUT2D eigenvalue weighted by Gasteiger charge is -2.26. The maximum Gasteiger partial charge on any atom is 0.339 e. The van der Waals surface area contributed by atoms with Crippen molar-refractivity contribution in [3.63, 3.8) is 0 Å². The predicted molar refractivity (Wildman–Crippen MR) is 149 cm³/mol. The molecule has 198 valence electrons. The maximum absolute atomic E-state index is 12.9. The molecule has 1 fully saturated rings. The van der Waals surface area contributed by atoms with E-state index in [1.54, 1.807) is 6.07 Å². The van der Waals surface area contributed by atoms with E-state index >= 15 is 0 Å². The number of piperidine rings is 1. The summed E-state index contributed by atoms with van der Waals surface area (Å²) in [5.74, 6) is 1.86. The van der Waals surface area contributed by atoms with Crippen molar-refractivity contribution in [2.45, 2.75) is 39.7 Å². The molecule has 0 radical (unpaired) electrons. The SMILES string of the molecule is CCOC(=O)c1cc(NCCN2CCCCC2)nc2c1c(C)nn2Cc1ccc(Oc2ccccc2)cc1. The first-order valence-corrected chi connectivity index (χ1v) is 13.4. The van der Waals surface area contributed by atoms with Crippen molar-refractivity contribution in [2.75, 3.05) is 38.1 Å². The summed E-state index contributed by atoms with van der Waals surface area (Å²) in [4.78, 5) is 20.3. The van der Waals surface area contributed by atoms with E-state index in [4.69, 9.17) is 19.6 Å². The Labute approximate surface area is 223 Å². The number of esters is 1. The highest BCUT2D eigenvalue weighted by atomic mass is 16.5. The molecule has 1 aliphatic rings. The number of para-hydroxylation sites is 1. The van der Waals surface area contributed by atoms with Gasteiger partial charge in [-0.15, -0.1) is 0 Å². The summed E-state index contributed by atoms with van der Waals surface area (Å²) in [5.41, 5.74) is 2.96. The van der Waals surface area contributed by atoms with Crippen LogP contribution in [0.3, 0.4) is 0 Å². The molecule has 5 rings (SSSR count). The third-order valence-corrected chi connectivity index (χ3v) is 6.79. The van der Waals surface area contributed by atoms with Gasteiger partial charge < -0.3 is 19.7 Å². The van der Waals surface area contributed by atoms with Crippen LogP contribution < -0.4 is 10.1 Å². The lowest BCUT2D eigenvalue weighted by molar-refractivity contribution is 0.0528. The lowest BCUT2D eigenvalue weighted by atomic mass is 10.1. The van der Waals surface area contributed by atoms with E-state index in [9.17, 15) is 4.79 Å². The van der Waals surface area contributed by atoms with Gasteiger partial charge >= 0.3 is 5.97 Å². The number of hydrogen-bond acceptors (Lipinski definition) is 7. The van der Waals surface area contributed by atoms with Gasteiger partial charge in [0.05, 0.1) is 29.8 Å². The maximum atomic E-state index is 12.9. The van der Waals surface area contributed by atoms with Gasteiger partial charge in [0, 0.05) is 13.1 Å². The van der Waals surface area contributed by atoms with Crippen molar-refractivity contribution in [3.05, 3.63) is 77.5 Å². The minimum atomic E-state index is -0.357. The average Bonchev–Trinajstić information content (AvgIpc) is 3.25. The van der Waals surface area contributed by atoms with Crippen LogP contribution in [0.5, 0.6) is 11.5 Å². The summed E-state index contributed by atoms with van der Waals surface area (Å²) in [7, 11) is 0. The molecule has 1 N–H and O–H groups in total. The van der Waals surface area contributed by atoms with E-state index in [1.807, 2.05) is 73.1 Å². The number of benzene rings is 2. The average molecular weight is 514 g/mol. The van der Waals surface area contributed by atoms with E-state index in [1.165, 1.54) is 19.3 Å². The second-order valence-corrected chi connectivity index (χ2v) is 9.61. The summed E-state index contributed by atoms with van der Waals surface area (Å²) in [6.07, 6.45) is 3.83. The van der Waals surface area contributed by atoms with Crippen LogP contribution in [0.4, 0.5) is 5.82 Å². The fraction of sp³-hybridized carbons (Fsp3) is 0.367. The largest absolute Gasteiger partial charge is 0.462 e. The number of hydrogen-bond donors (Lipinski definition) is 1. The number of carbonyl (C=O) groups is 1. The molecule has 4 aromatic rings. The Morgan fingerprint density at radius 1 is 1.00 bits per heavy atom. The van der Waals surface area contributed by atoms with Gasteiger partial charge in [-0.1, -0.05) is 36.8 Å². The van der Waals surface area contributed by atoms with Crippen LogP contribution in [0.15, 0.2) is 60.7 Å². The first-order valence-electron chi connectivity index (χ1n) is 13.4. The molecule has 0 amide bonds. The second-order valence-electron chi connectivity index (χ2n) is 9.61. The molecule has 0 saturated carbocycles. The summed E-state index contributed by atoms with van der Waals surface area (Å²) < 4.78 is 13.2. The minimum Gasteiger partial charge on any atom is -0.462 e. The Kier molecular flexibility index (Phi) is 8.19. The number of aromatic nitrogens is 3. The second kappa shape index (κ2) is 12.1. The van der Waals surface area contributed by atoms with Crippen molar-refractivity contribution in [2.24, 2.45) is 0 Å². The number of pyridine rings is 1. The summed E-state index contributed by atoms with van der Waals surface area (Å²) in [5, 5.41) is 8.92. The molecule has 1 saturated heterocycles. The molecule has 0 bridgehead atoms. The normalized spacial score (nSPS) is 13.9. The number of nitrogens with one attached hydrogen (secondary N) is 1. The van der Waals surface area contributed by atoms with Crippen molar-refractivity contribution >= 4 is 22.8 Å². The highest BCUT2D eigenvalue weighted by Gasteiger charge is 2.21. The number of carbonyl (C=O) groups excluding carboxylic acids is 1. The first-order chi connectivity index (χ1) is 18.6. The van der Waals surface area contributed by atoms with E-state index in [0.29, 0.717) is 30.2 Å². The zero-order valence-electron chi connectivity index (χ0n) is 22.2. The Hall–Kier alpha value is -3.91. The van der Waals surface area contributed by atoms with Gasteiger partial charge in [-0.05, 0) is 75.7 Å². The third-order valence-electron chi connectivity index (χ3n) is 6.79. The number of nitrogens with zero attached hydrogens (tertiary/aromatic N) is 4. The van der Waals surface area contributed by atoms with Gasteiger partial charge in [0.2, 0.25) is 0 Å². The van der Waals surface area contributed by atoms with E-state index in [2.05, 4.69) is 10.2 Å².